The second-order valence-corrected chi connectivity index (χ2v) is 11.4. The van der Waals surface area contributed by atoms with Crippen molar-refractivity contribution in [3.63, 3.8) is 0 Å². The van der Waals surface area contributed by atoms with Crippen molar-refractivity contribution < 1.29 is 27.9 Å². The summed E-state index contributed by atoms with van der Waals surface area (Å²) in [5, 5.41) is 14.5. The van der Waals surface area contributed by atoms with E-state index in [1.165, 1.54) is 13.0 Å². The summed E-state index contributed by atoms with van der Waals surface area (Å²) in [7, 11) is 0. The Morgan fingerprint density at radius 2 is 1.74 bits per heavy atom. The van der Waals surface area contributed by atoms with E-state index in [1.54, 1.807) is 20.5 Å². The predicted octanol–water partition coefficient (Wildman–Crippen LogP) is 3.87. The smallest absolute Gasteiger partial charge is 0.393 e. The molecule has 2 aromatic rings. The van der Waals surface area contributed by atoms with Gasteiger partial charge in [0, 0.05) is 37.4 Å². The van der Waals surface area contributed by atoms with Crippen LogP contribution in [0.25, 0.3) is 0 Å². The molecule has 0 radical (unpaired) electrons. The number of benzene rings is 1. The van der Waals surface area contributed by atoms with Crippen molar-refractivity contribution in [3.05, 3.63) is 51.8 Å². The molecular formula is C28H33F3N4O3. The zero-order valence-electron chi connectivity index (χ0n) is 21.5. The van der Waals surface area contributed by atoms with Gasteiger partial charge in [-0.1, -0.05) is 12.1 Å². The van der Waals surface area contributed by atoms with Gasteiger partial charge < -0.3 is 14.9 Å². The molecule has 0 unspecified atom stereocenters. The lowest BCUT2D eigenvalue weighted by molar-refractivity contribution is -0.138. The van der Waals surface area contributed by atoms with Crippen LogP contribution in [0.3, 0.4) is 0 Å². The Kier molecular flexibility index (Phi) is 6.28. The molecule has 0 spiro atoms. The Hall–Kier alpha value is -2.88. The highest BCUT2D eigenvalue weighted by molar-refractivity contribution is 5.95. The number of aliphatic hydroxyl groups is 1. The van der Waals surface area contributed by atoms with Gasteiger partial charge in [-0.3, -0.25) is 14.3 Å². The van der Waals surface area contributed by atoms with Gasteiger partial charge in [0.15, 0.2) is 5.69 Å². The lowest BCUT2D eigenvalue weighted by atomic mass is 9.85. The molecule has 10 heteroatoms. The predicted molar refractivity (Wildman–Crippen MR) is 133 cm³/mol. The van der Waals surface area contributed by atoms with E-state index in [0.29, 0.717) is 75.0 Å². The highest BCUT2D eigenvalue weighted by atomic mass is 19.4. The lowest BCUT2D eigenvalue weighted by Crippen LogP contribution is -2.41. The normalized spacial score (nSPS) is 23.9. The number of aliphatic hydroxyl groups excluding tert-OH is 1. The minimum atomic E-state index is -4.38. The highest BCUT2D eigenvalue weighted by Crippen LogP contribution is 2.57. The van der Waals surface area contributed by atoms with Crippen LogP contribution in [-0.2, 0) is 23.9 Å². The Labute approximate surface area is 219 Å². The van der Waals surface area contributed by atoms with Crippen molar-refractivity contribution in [2.24, 2.45) is 5.92 Å². The summed E-state index contributed by atoms with van der Waals surface area (Å²) in [6.45, 7) is 3.58. The van der Waals surface area contributed by atoms with Gasteiger partial charge in [-0.05, 0) is 80.4 Å². The van der Waals surface area contributed by atoms with Gasteiger partial charge in [0.25, 0.3) is 5.91 Å². The molecule has 1 saturated carbocycles. The van der Waals surface area contributed by atoms with Gasteiger partial charge in [0.1, 0.15) is 6.54 Å². The monoisotopic (exact) mass is 530 g/mol. The Morgan fingerprint density at radius 1 is 1.05 bits per heavy atom. The third-order valence-corrected chi connectivity index (χ3v) is 9.06. The topological polar surface area (TPSA) is 78.7 Å². The van der Waals surface area contributed by atoms with Gasteiger partial charge in [-0.15, -0.1) is 0 Å². The third kappa shape index (κ3) is 4.50. The molecule has 204 valence electrons. The number of rotatable bonds is 4. The number of carbonyl (C=O) groups is 2. The average Bonchev–Trinajstić information content (AvgIpc) is 3.42. The molecule has 7 nitrogen and oxygen atoms in total. The Balaban J connectivity index is 1.13. The van der Waals surface area contributed by atoms with E-state index in [2.05, 4.69) is 5.10 Å². The average molecular weight is 531 g/mol. The van der Waals surface area contributed by atoms with Gasteiger partial charge in [0.2, 0.25) is 5.91 Å². The fraction of sp³-hybridized carbons (Fsp3) is 0.607. The maximum atomic E-state index is 13.4. The molecule has 38 heavy (non-hydrogen) atoms. The number of aromatic nitrogens is 2. The first kappa shape index (κ1) is 25.4. The van der Waals surface area contributed by atoms with Crippen LogP contribution in [-0.4, -0.2) is 68.8 Å². The summed E-state index contributed by atoms with van der Waals surface area (Å²) in [4.78, 5) is 30.1. The van der Waals surface area contributed by atoms with E-state index in [9.17, 15) is 27.9 Å². The molecule has 1 aromatic carbocycles. The molecule has 1 aromatic heterocycles. The van der Waals surface area contributed by atoms with Crippen molar-refractivity contribution in [2.45, 2.75) is 76.1 Å². The number of alkyl halides is 3. The van der Waals surface area contributed by atoms with Crippen molar-refractivity contribution in [1.82, 2.24) is 19.6 Å². The first-order valence-corrected chi connectivity index (χ1v) is 13.6. The first-order valence-electron chi connectivity index (χ1n) is 13.6. The molecule has 2 aliphatic heterocycles. The SMILES string of the molecule is Cc1c(C2CCN(C(=O)Cn3nc(C(=O)N4CCC(O)CC4)c4c3C[C@H]3C[C@@H]43)CC2)cccc1C(F)(F)F. The number of hydrogen-bond acceptors (Lipinski definition) is 4. The van der Waals surface area contributed by atoms with E-state index in [-0.39, 0.29) is 35.9 Å². The number of halogens is 3. The van der Waals surface area contributed by atoms with E-state index in [1.807, 2.05) is 0 Å². The molecule has 0 bridgehead atoms. The summed E-state index contributed by atoms with van der Waals surface area (Å²) < 4.78 is 41.8. The number of fused-ring (bicyclic) bond motifs is 3. The zero-order valence-corrected chi connectivity index (χ0v) is 21.5. The van der Waals surface area contributed by atoms with Gasteiger partial charge in [-0.2, -0.15) is 18.3 Å². The molecule has 6 rings (SSSR count). The van der Waals surface area contributed by atoms with Crippen LogP contribution in [0.1, 0.15) is 82.4 Å². The van der Waals surface area contributed by atoms with Crippen LogP contribution in [0.4, 0.5) is 13.2 Å². The number of likely N-dealkylation sites (tertiary alicyclic amines) is 2. The maximum absolute atomic E-state index is 13.4. The second-order valence-electron chi connectivity index (χ2n) is 11.4. The van der Waals surface area contributed by atoms with Crippen LogP contribution >= 0.6 is 0 Å². The third-order valence-electron chi connectivity index (χ3n) is 9.06. The fourth-order valence-electron chi connectivity index (χ4n) is 6.77. The molecule has 2 amide bonds. The number of amides is 2. The lowest BCUT2D eigenvalue weighted by Gasteiger charge is -2.33. The first-order chi connectivity index (χ1) is 18.1. The van der Waals surface area contributed by atoms with E-state index >= 15 is 0 Å². The van der Waals surface area contributed by atoms with Crippen LogP contribution in [0, 0.1) is 12.8 Å². The fourth-order valence-corrected chi connectivity index (χ4v) is 6.77. The zero-order chi connectivity index (χ0) is 26.8. The quantitative estimate of drug-likeness (QED) is 0.651. The van der Waals surface area contributed by atoms with Gasteiger partial charge >= 0.3 is 6.18 Å². The van der Waals surface area contributed by atoms with Crippen molar-refractivity contribution in [1.29, 1.82) is 0 Å². The number of carbonyl (C=O) groups excluding carboxylic acids is 2. The van der Waals surface area contributed by atoms with Crippen molar-refractivity contribution in [2.75, 3.05) is 26.2 Å². The molecule has 2 saturated heterocycles. The summed E-state index contributed by atoms with van der Waals surface area (Å²) >= 11 is 0. The largest absolute Gasteiger partial charge is 0.416 e. The summed E-state index contributed by atoms with van der Waals surface area (Å²) in [5.74, 6) is 0.689. The molecule has 1 N–H and O–H groups in total. The van der Waals surface area contributed by atoms with E-state index in [0.717, 1.165) is 30.2 Å². The maximum Gasteiger partial charge on any atom is 0.416 e. The van der Waals surface area contributed by atoms with Crippen molar-refractivity contribution >= 4 is 11.8 Å². The number of piperidine rings is 2. The molecule has 3 heterocycles. The Morgan fingerprint density at radius 3 is 2.42 bits per heavy atom. The van der Waals surface area contributed by atoms with Crippen LogP contribution < -0.4 is 0 Å². The summed E-state index contributed by atoms with van der Waals surface area (Å²) in [6, 6.07) is 4.36. The summed E-state index contributed by atoms with van der Waals surface area (Å²) in [6.07, 6.45) is -0.493. The van der Waals surface area contributed by atoms with Crippen LogP contribution in [0.2, 0.25) is 0 Å². The van der Waals surface area contributed by atoms with E-state index < -0.39 is 11.7 Å². The van der Waals surface area contributed by atoms with Gasteiger partial charge in [0.05, 0.1) is 11.7 Å². The van der Waals surface area contributed by atoms with Crippen LogP contribution in [0.5, 0.6) is 0 Å². The Bertz CT molecular complexity index is 1260. The minimum Gasteiger partial charge on any atom is -0.393 e. The number of hydrogen-bond donors (Lipinski definition) is 1. The van der Waals surface area contributed by atoms with Crippen LogP contribution in [0.15, 0.2) is 18.2 Å². The number of nitrogens with zero attached hydrogens (tertiary/aromatic N) is 4. The molecule has 4 aliphatic rings. The molecule has 3 fully saturated rings. The molecule has 2 atom stereocenters. The van der Waals surface area contributed by atoms with Crippen molar-refractivity contribution in [3.8, 4) is 0 Å². The molecular weight excluding hydrogens is 497 g/mol. The standard InChI is InChI=1S/C28H33F3N4O3/c1-16-20(3-2-4-22(16)28(29,30)31)17-5-9-33(10-6-17)24(37)15-35-23-14-18-13-21(18)25(23)26(32-35)27(38)34-11-7-19(36)8-12-34/h2-4,17-19,21,36H,5-15H2,1H3/t18-,21-/m1/s1. The van der Waals surface area contributed by atoms with Gasteiger partial charge in [-0.25, -0.2) is 0 Å². The second kappa shape index (κ2) is 9.39. The highest BCUT2D eigenvalue weighted by Gasteiger charge is 2.50. The summed E-state index contributed by atoms with van der Waals surface area (Å²) in [5.41, 5.74) is 2.87. The van der Waals surface area contributed by atoms with E-state index in [4.69, 9.17) is 0 Å². The minimum absolute atomic E-state index is 0.0188. The molecule has 2 aliphatic carbocycles.